The highest BCUT2D eigenvalue weighted by Gasteiger charge is 1.99. The summed E-state index contributed by atoms with van der Waals surface area (Å²) in [6.07, 6.45) is -1.00. The third-order valence-corrected chi connectivity index (χ3v) is 2.08. The number of carbonyl (C=O) groups excluding carboxylic acids is 1. The van der Waals surface area contributed by atoms with E-state index in [9.17, 15) is 4.79 Å². The van der Waals surface area contributed by atoms with Gasteiger partial charge in [-0.3, -0.25) is 0 Å². The van der Waals surface area contributed by atoms with Crippen LogP contribution >= 0.6 is 0 Å². The molecule has 0 radical (unpaired) electrons. The fourth-order valence-electron chi connectivity index (χ4n) is 1.04. The van der Waals surface area contributed by atoms with Gasteiger partial charge in [0.25, 0.3) is 0 Å². The van der Waals surface area contributed by atoms with Crippen LogP contribution in [-0.2, 0) is 4.74 Å². The SMILES string of the molecule is CC(O)CO.CCOCC.CNC(=O)Oc1cccc(C)c1. The van der Waals surface area contributed by atoms with Crippen LogP contribution in [0.1, 0.15) is 26.3 Å². The van der Waals surface area contributed by atoms with Crippen LogP contribution in [0.2, 0.25) is 0 Å². The van der Waals surface area contributed by atoms with E-state index in [1.54, 1.807) is 12.1 Å². The molecule has 0 spiro atoms. The third kappa shape index (κ3) is 16.4. The Kier molecular flexibility index (Phi) is 16.2. The predicted molar refractivity (Wildman–Crippen MR) is 87.2 cm³/mol. The van der Waals surface area contributed by atoms with Gasteiger partial charge in [-0.05, 0) is 45.4 Å². The summed E-state index contributed by atoms with van der Waals surface area (Å²) in [6.45, 7) is 9.00. The van der Waals surface area contributed by atoms with Gasteiger partial charge in [-0.15, -0.1) is 0 Å². The van der Waals surface area contributed by atoms with Crippen molar-refractivity contribution in [2.24, 2.45) is 0 Å². The Morgan fingerprint density at radius 2 is 1.86 bits per heavy atom. The summed E-state index contributed by atoms with van der Waals surface area (Å²) < 4.78 is 9.73. The zero-order valence-electron chi connectivity index (χ0n) is 14.1. The molecule has 0 aliphatic heterocycles. The highest BCUT2D eigenvalue weighted by molar-refractivity contribution is 5.69. The number of aryl methyl sites for hydroxylation is 1. The summed E-state index contributed by atoms with van der Waals surface area (Å²) in [4.78, 5) is 10.8. The number of rotatable bonds is 4. The molecule has 0 aromatic heterocycles. The van der Waals surface area contributed by atoms with Gasteiger partial charge in [-0.25, -0.2) is 4.79 Å². The molecular formula is C16H29NO5. The lowest BCUT2D eigenvalue weighted by Gasteiger charge is -2.02. The summed E-state index contributed by atoms with van der Waals surface area (Å²) >= 11 is 0. The molecule has 0 fully saturated rings. The summed E-state index contributed by atoms with van der Waals surface area (Å²) in [7, 11) is 1.53. The molecule has 1 atom stereocenters. The zero-order chi connectivity index (χ0) is 17.4. The van der Waals surface area contributed by atoms with E-state index in [1.807, 2.05) is 32.9 Å². The van der Waals surface area contributed by atoms with Crippen molar-refractivity contribution in [3.63, 3.8) is 0 Å². The summed E-state index contributed by atoms with van der Waals surface area (Å²) in [5.41, 5.74) is 1.07. The number of aliphatic hydroxyl groups is 2. The Hall–Kier alpha value is -1.63. The van der Waals surface area contributed by atoms with Gasteiger partial charge in [0.1, 0.15) is 5.75 Å². The van der Waals surface area contributed by atoms with Crippen molar-refractivity contribution in [3.05, 3.63) is 29.8 Å². The van der Waals surface area contributed by atoms with Crippen LogP contribution in [0.15, 0.2) is 24.3 Å². The first-order valence-corrected chi connectivity index (χ1v) is 7.24. The highest BCUT2D eigenvalue weighted by atomic mass is 16.5. The first kappa shape index (κ1) is 22.6. The second kappa shape index (κ2) is 15.8. The summed E-state index contributed by atoms with van der Waals surface area (Å²) in [5.74, 6) is 0.564. The van der Waals surface area contributed by atoms with Crippen LogP contribution in [0.4, 0.5) is 4.79 Å². The van der Waals surface area contributed by atoms with Gasteiger partial charge < -0.3 is 25.0 Å². The van der Waals surface area contributed by atoms with Crippen molar-refractivity contribution < 1.29 is 24.5 Å². The topological polar surface area (TPSA) is 88.0 Å². The van der Waals surface area contributed by atoms with Crippen LogP contribution in [-0.4, -0.2) is 49.3 Å². The molecule has 128 valence electrons. The molecule has 0 aliphatic carbocycles. The number of aliphatic hydroxyl groups excluding tert-OH is 2. The molecule has 6 nitrogen and oxygen atoms in total. The average molecular weight is 315 g/mol. The number of nitrogens with one attached hydrogen (secondary N) is 1. The number of hydrogen-bond donors (Lipinski definition) is 3. The Morgan fingerprint density at radius 1 is 1.32 bits per heavy atom. The predicted octanol–water partition coefficient (Wildman–Crippen LogP) is 2.12. The van der Waals surface area contributed by atoms with Crippen LogP contribution < -0.4 is 10.1 Å². The standard InChI is InChI=1S/C9H11NO2.C4H10O.C3H8O2/c1-7-4-3-5-8(6-7)12-9(11)10-2;1-3-5-4-2;1-3(5)2-4/h3-6H,1-2H3,(H,10,11);3-4H2,1-2H3;3-5H,2H2,1H3. The van der Waals surface area contributed by atoms with E-state index in [-0.39, 0.29) is 6.61 Å². The Balaban J connectivity index is 0. The number of benzene rings is 1. The highest BCUT2D eigenvalue weighted by Crippen LogP contribution is 2.11. The van der Waals surface area contributed by atoms with E-state index < -0.39 is 12.2 Å². The van der Waals surface area contributed by atoms with Crippen molar-refractivity contribution in [2.45, 2.75) is 33.8 Å². The van der Waals surface area contributed by atoms with E-state index in [0.717, 1.165) is 18.8 Å². The number of carbonyl (C=O) groups is 1. The zero-order valence-corrected chi connectivity index (χ0v) is 14.1. The maximum atomic E-state index is 10.8. The molecule has 3 N–H and O–H groups in total. The fourth-order valence-corrected chi connectivity index (χ4v) is 1.04. The van der Waals surface area contributed by atoms with Gasteiger partial charge in [0, 0.05) is 20.3 Å². The maximum absolute atomic E-state index is 10.8. The van der Waals surface area contributed by atoms with Gasteiger partial charge in [0.05, 0.1) is 12.7 Å². The molecule has 1 aromatic carbocycles. The maximum Gasteiger partial charge on any atom is 0.412 e. The van der Waals surface area contributed by atoms with Crippen molar-refractivity contribution in [1.29, 1.82) is 0 Å². The second-order valence-corrected chi connectivity index (χ2v) is 4.27. The Bertz CT molecular complexity index is 381. The van der Waals surface area contributed by atoms with E-state index >= 15 is 0 Å². The molecule has 0 heterocycles. The molecule has 0 aliphatic rings. The molecule has 0 bridgehead atoms. The van der Waals surface area contributed by atoms with Crippen LogP contribution in [0.5, 0.6) is 5.75 Å². The lowest BCUT2D eigenvalue weighted by atomic mass is 10.2. The molecule has 1 unspecified atom stereocenters. The summed E-state index contributed by atoms with van der Waals surface area (Å²) in [5, 5.41) is 18.4. The van der Waals surface area contributed by atoms with Crippen LogP contribution in [0, 0.1) is 6.92 Å². The minimum absolute atomic E-state index is 0.139. The molecule has 1 amide bonds. The number of hydrogen-bond acceptors (Lipinski definition) is 5. The van der Waals surface area contributed by atoms with Gasteiger partial charge in [0.15, 0.2) is 0 Å². The smallest absolute Gasteiger partial charge is 0.410 e. The molecule has 1 aromatic rings. The minimum Gasteiger partial charge on any atom is -0.410 e. The van der Waals surface area contributed by atoms with Crippen LogP contribution in [0.25, 0.3) is 0 Å². The fraction of sp³-hybridized carbons (Fsp3) is 0.562. The van der Waals surface area contributed by atoms with Gasteiger partial charge in [-0.2, -0.15) is 0 Å². The Morgan fingerprint density at radius 3 is 2.18 bits per heavy atom. The Labute approximate surface area is 133 Å². The molecular weight excluding hydrogens is 286 g/mol. The number of ether oxygens (including phenoxy) is 2. The van der Waals surface area contributed by atoms with Crippen molar-refractivity contribution in [3.8, 4) is 5.75 Å². The first-order chi connectivity index (χ1) is 10.4. The average Bonchev–Trinajstić information content (AvgIpc) is 2.49. The van der Waals surface area contributed by atoms with E-state index in [1.165, 1.54) is 14.0 Å². The van der Waals surface area contributed by atoms with E-state index in [4.69, 9.17) is 19.7 Å². The monoisotopic (exact) mass is 315 g/mol. The normalized spacial score (nSPS) is 10.3. The van der Waals surface area contributed by atoms with Gasteiger partial charge in [0.2, 0.25) is 0 Å². The molecule has 0 saturated heterocycles. The molecule has 6 heteroatoms. The number of amides is 1. The van der Waals surface area contributed by atoms with Gasteiger partial charge >= 0.3 is 6.09 Å². The lowest BCUT2D eigenvalue weighted by Crippen LogP contribution is -2.21. The van der Waals surface area contributed by atoms with E-state index in [0.29, 0.717) is 5.75 Å². The molecule has 1 rings (SSSR count). The van der Waals surface area contributed by atoms with E-state index in [2.05, 4.69) is 5.32 Å². The third-order valence-electron chi connectivity index (χ3n) is 2.08. The largest absolute Gasteiger partial charge is 0.412 e. The second-order valence-electron chi connectivity index (χ2n) is 4.27. The summed E-state index contributed by atoms with van der Waals surface area (Å²) in [6, 6.07) is 7.32. The minimum atomic E-state index is -0.560. The van der Waals surface area contributed by atoms with Crippen molar-refractivity contribution in [2.75, 3.05) is 26.9 Å². The van der Waals surface area contributed by atoms with Crippen LogP contribution in [0.3, 0.4) is 0 Å². The van der Waals surface area contributed by atoms with Crippen molar-refractivity contribution >= 4 is 6.09 Å². The van der Waals surface area contributed by atoms with Crippen molar-refractivity contribution in [1.82, 2.24) is 5.32 Å². The molecule has 0 saturated carbocycles. The quantitative estimate of drug-likeness (QED) is 0.792. The lowest BCUT2D eigenvalue weighted by molar-refractivity contribution is 0.110. The molecule has 22 heavy (non-hydrogen) atoms. The van der Waals surface area contributed by atoms with Gasteiger partial charge in [-0.1, -0.05) is 12.1 Å². The first-order valence-electron chi connectivity index (χ1n) is 7.24.